The fourth-order valence-corrected chi connectivity index (χ4v) is 3.00. The summed E-state index contributed by atoms with van der Waals surface area (Å²) in [5, 5.41) is 10.9. The van der Waals surface area contributed by atoms with Gasteiger partial charge in [-0.25, -0.2) is 0 Å². The molecule has 0 radical (unpaired) electrons. The largest absolute Gasteiger partial charge is 0.387 e. The second-order valence-corrected chi connectivity index (χ2v) is 5.96. The van der Waals surface area contributed by atoms with Crippen LogP contribution in [0.3, 0.4) is 0 Å². The van der Waals surface area contributed by atoms with Crippen LogP contribution in [0.4, 0.5) is 0 Å². The number of benzene rings is 1. The molecule has 0 aliphatic rings. The highest BCUT2D eigenvalue weighted by atomic mass is 35.5. The van der Waals surface area contributed by atoms with Crippen LogP contribution in [0.2, 0.25) is 5.02 Å². The molecule has 1 aromatic heterocycles. The first-order chi connectivity index (χ1) is 8.06. The highest BCUT2D eigenvalue weighted by Gasteiger charge is 2.12. The van der Waals surface area contributed by atoms with Gasteiger partial charge < -0.3 is 5.11 Å². The summed E-state index contributed by atoms with van der Waals surface area (Å²) in [5.74, 6) is 0. The highest BCUT2D eigenvalue weighted by Crippen LogP contribution is 2.28. The number of hydrogen-bond acceptors (Lipinski definition) is 2. The van der Waals surface area contributed by atoms with E-state index in [4.69, 9.17) is 11.6 Å². The monoisotopic (exact) mass is 266 g/mol. The normalized spacial score (nSPS) is 12.7. The number of rotatable bonds is 3. The lowest BCUT2D eigenvalue weighted by Crippen LogP contribution is -1.99. The predicted octanol–water partition coefficient (Wildman–Crippen LogP) is 4.29. The molecule has 17 heavy (non-hydrogen) atoms. The van der Waals surface area contributed by atoms with Gasteiger partial charge >= 0.3 is 0 Å². The van der Waals surface area contributed by atoms with Gasteiger partial charge in [-0.1, -0.05) is 23.7 Å². The molecule has 1 heterocycles. The number of aliphatic hydroxyl groups excluding tert-OH is 1. The van der Waals surface area contributed by atoms with E-state index >= 15 is 0 Å². The van der Waals surface area contributed by atoms with Crippen LogP contribution in [0.1, 0.15) is 27.0 Å². The molecule has 0 aliphatic carbocycles. The molecule has 0 bridgehead atoms. The van der Waals surface area contributed by atoms with Crippen molar-refractivity contribution in [2.24, 2.45) is 0 Å². The quantitative estimate of drug-likeness (QED) is 0.878. The van der Waals surface area contributed by atoms with Gasteiger partial charge in [0.25, 0.3) is 0 Å². The third-order valence-electron chi connectivity index (χ3n) is 2.83. The van der Waals surface area contributed by atoms with Crippen LogP contribution < -0.4 is 0 Å². The topological polar surface area (TPSA) is 20.2 Å². The smallest absolute Gasteiger partial charge is 0.0922 e. The molecule has 0 amide bonds. The van der Waals surface area contributed by atoms with E-state index in [0.29, 0.717) is 11.4 Å². The predicted molar refractivity (Wildman–Crippen MR) is 73.9 cm³/mol. The molecule has 0 aliphatic heterocycles. The van der Waals surface area contributed by atoms with Gasteiger partial charge in [-0.3, -0.25) is 0 Å². The molecule has 1 nitrogen and oxygen atoms in total. The van der Waals surface area contributed by atoms with Gasteiger partial charge in [-0.05, 0) is 43.2 Å². The van der Waals surface area contributed by atoms with Crippen molar-refractivity contribution in [1.29, 1.82) is 0 Å². The molecular weight excluding hydrogens is 252 g/mol. The summed E-state index contributed by atoms with van der Waals surface area (Å²) in [6, 6.07) is 9.71. The molecule has 0 saturated heterocycles. The number of halogens is 1. The number of aryl methyl sites for hydroxylation is 2. The van der Waals surface area contributed by atoms with E-state index in [9.17, 15) is 5.11 Å². The zero-order valence-corrected chi connectivity index (χ0v) is 11.5. The zero-order chi connectivity index (χ0) is 12.4. The minimum atomic E-state index is -0.439. The molecule has 1 atom stereocenters. The van der Waals surface area contributed by atoms with Crippen molar-refractivity contribution in [3.8, 4) is 0 Å². The summed E-state index contributed by atoms with van der Waals surface area (Å²) in [5.41, 5.74) is 2.31. The van der Waals surface area contributed by atoms with Crippen LogP contribution in [-0.4, -0.2) is 5.11 Å². The van der Waals surface area contributed by atoms with Crippen molar-refractivity contribution in [3.63, 3.8) is 0 Å². The minimum Gasteiger partial charge on any atom is -0.387 e. The van der Waals surface area contributed by atoms with E-state index < -0.39 is 6.10 Å². The Kier molecular flexibility index (Phi) is 3.87. The molecule has 2 aromatic rings. The Balaban J connectivity index is 2.14. The summed E-state index contributed by atoms with van der Waals surface area (Å²) in [6.45, 7) is 4.15. The van der Waals surface area contributed by atoms with E-state index in [1.54, 1.807) is 11.3 Å². The number of thiophene rings is 1. The lowest BCUT2D eigenvalue weighted by atomic mass is 10.1. The van der Waals surface area contributed by atoms with Crippen molar-refractivity contribution in [2.75, 3.05) is 0 Å². The molecule has 2 rings (SSSR count). The van der Waals surface area contributed by atoms with Crippen molar-refractivity contribution >= 4 is 22.9 Å². The SMILES string of the molecule is Cc1cc(C(O)Cc2cccc(Cl)c2)sc1C. The van der Waals surface area contributed by atoms with E-state index in [-0.39, 0.29) is 0 Å². The molecule has 90 valence electrons. The Morgan fingerprint density at radius 3 is 2.65 bits per heavy atom. The van der Waals surface area contributed by atoms with Gasteiger partial charge in [0.05, 0.1) is 6.10 Å². The maximum Gasteiger partial charge on any atom is 0.0922 e. The van der Waals surface area contributed by atoms with Crippen LogP contribution in [0, 0.1) is 13.8 Å². The maximum absolute atomic E-state index is 10.2. The second kappa shape index (κ2) is 5.21. The fraction of sp³-hybridized carbons (Fsp3) is 0.286. The Morgan fingerprint density at radius 1 is 1.29 bits per heavy atom. The van der Waals surface area contributed by atoms with Crippen molar-refractivity contribution in [3.05, 3.63) is 56.2 Å². The van der Waals surface area contributed by atoms with Crippen molar-refractivity contribution in [2.45, 2.75) is 26.4 Å². The van der Waals surface area contributed by atoms with E-state index in [1.807, 2.05) is 24.3 Å². The molecule has 1 unspecified atom stereocenters. The average molecular weight is 267 g/mol. The van der Waals surface area contributed by atoms with Gasteiger partial charge in [-0.15, -0.1) is 11.3 Å². The van der Waals surface area contributed by atoms with Crippen LogP contribution in [-0.2, 0) is 6.42 Å². The molecule has 1 aromatic carbocycles. The summed E-state index contributed by atoms with van der Waals surface area (Å²) < 4.78 is 0. The van der Waals surface area contributed by atoms with Crippen molar-refractivity contribution in [1.82, 2.24) is 0 Å². The fourth-order valence-electron chi connectivity index (χ4n) is 1.75. The lowest BCUT2D eigenvalue weighted by Gasteiger charge is -2.08. The van der Waals surface area contributed by atoms with Gasteiger partial charge in [0.1, 0.15) is 0 Å². The second-order valence-electron chi connectivity index (χ2n) is 4.24. The van der Waals surface area contributed by atoms with Gasteiger partial charge in [0, 0.05) is 21.2 Å². The first-order valence-corrected chi connectivity index (χ1v) is 6.75. The van der Waals surface area contributed by atoms with Crippen LogP contribution in [0.5, 0.6) is 0 Å². The van der Waals surface area contributed by atoms with Gasteiger partial charge in [0.15, 0.2) is 0 Å². The summed E-state index contributed by atoms with van der Waals surface area (Å²) in [4.78, 5) is 2.30. The molecular formula is C14H15ClOS. The van der Waals surface area contributed by atoms with Crippen LogP contribution in [0.25, 0.3) is 0 Å². The Morgan fingerprint density at radius 2 is 2.06 bits per heavy atom. The molecule has 0 fully saturated rings. The van der Waals surface area contributed by atoms with Gasteiger partial charge in [0.2, 0.25) is 0 Å². The Labute approximate surface area is 111 Å². The molecule has 0 saturated carbocycles. The average Bonchev–Trinajstić information content (AvgIpc) is 2.59. The molecule has 3 heteroatoms. The zero-order valence-electron chi connectivity index (χ0n) is 9.90. The number of aliphatic hydroxyl groups is 1. The first kappa shape index (κ1) is 12.6. The lowest BCUT2D eigenvalue weighted by molar-refractivity contribution is 0.182. The molecule has 1 N–H and O–H groups in total. The molecule has 0 spiro atoms. The van der Waals surface area contributed by atoms with Crippen molar-refractivity contribution < 1.29 is 5.11 Å². The van der Waals surface area contributed by atoms with E-state index in [2.05, 4.69) is 19.9 Å². The Bertz CT molecular complexity index is 499. The van der Waals surface area contributed by atoms with Crippen LogP contribution >= 0.6 is 22.9 Å². The standard InChI is InChI=1S/C14H15ClOS/c1-9-6-14(17-10(9)2)13(16)8-11-4-3-5-12(15)7-11/h3-7,13,16H,8H2,1-2H3. The van der Waals surface area contributed by atoms with Crippen LogP contribution in [0.15, 0.2) is 30.3 Å². The van der Waals surface area contributed by atoms with Gasteiger partial charge in [-0.2, -0.15) is 0 Å². The third-order valence-corrected chi connectivity index (χ3v) is 4.32. The highest BCUT2D eigenvalue weighted by molar-refractivity contribution is 7.12. The summed E-state index contributed by atoms with van der Waals surface area (Å²) >= 11 is 7.59. The first-order valence-electron chi connectivity index (χ1n) is 5.55. The maximum atomic E-state index is 10.2. The number of hydrogen-bond donors (Lipinski definition) is 1. The summed E-state index contributed by atoms with van der Waals surface area (Å²) in [6.07, 6.45) is 0.172. The Hall–Kier alpha value is -0.830. The minimum absolute atomic E-state index is 0.439. The van der Waals surface area contributed by atoms with E-state index in [0.717, 1.165) is 10.4 Å². The summed E-state index contributed by atoms with van der Waals surface area (Å²) in [7, 11) is 0. The third kappa shape index (κ3) is 3.09. The van der Waals surface area contributed by atoms with E-state index in [1.165, 1.54) is 10.4 Å².